The number of Topliss-reactive ketones (excluding diaryl/α,β-unsaturated/α-hetero) is 1. The van der Waals surface area contributed by atoms with Gasteiger partial charge < -0.3 is 30.4 Å². The predicted octanol–water partition coefficient (Wildman–Crippen LogP) is 1.38. The molecule has 2 aromatic rings. The number of amides is 2. The van der Waals surface area contributed by atoms with Gasteiger partial charge in [0.2, 0.25) is 5.91 Å². The number of ketones is 1. The number of primary amides is 1. The summed E-state index contributed by atoms with van der Waals surface area (Å²) in [6.45, 7) is 5.72. The van der Waals surface area contributed by atoms with Crippen LogP contribution >= 0.6 is 0 Å². The van der Waals surface area contributed by atoms with Crippen molar-refractivity contribution in [2.75, 3.05) is 26.2 Å². The normalized spacial score (nSPS) is 22.1. The molecule has 4 rings (SSSR count). The second kappa shape index (κ2) is 10.5. The number of nitrogens with zero attached hydrogens (tertiary/aromatic N) is 2. The van der Waals surface area contributed by atoms with Crippen LogP contribution in [-0.4, -0.2) is 76.5 Å². The molecule has 37 heavy (non-hydrogen) atoms. The second-order valence-corrected chi connectivity index (χ2v) is 10.5. The molecule has 1 aromatic carbocycles. The van der Waals surface area contributed by atoms with Crippen LogP contribution < -0.4 is 11.1 Å². The summed E-state index contributed by atoms with van der Waals surface area (Å²) < 4.78 is 7.30. The minimum Gasteiger partial charge on any atom is -0.478 e. The van der Waals surface area contributed by atoms with E-state index in [1.807, 2.05) is 0 Å². The average molecular weight is 511 g/mol. The van der Waals surface area contributed by atoms with Gasteiger partial charge >= 0.3 is 5.97 Å². The van der Waals surface area contributed by atoms with Gasteiger partial charge in [-0.1, -0.05) is 44.2 Å². The topological polar surface area (TPSA) is 144 Å². The van der Waals surface area contributed by atoms with Gasteiger partial charge in [0.1, 0.15) is 12.6 Å². The Hall–Kier alpha value is -3.50. The highest BCUT2D eigenvalue weighted by Gasteiger charge is 2.56. The first-order chi connectivity index (χ1) is 17.6. The first-order valence-corrected chi connectivity index (χ1v) is 12.5. The van der Waals surface area contributed by atoms with Crippen molar-refractivity contribution < 1.29 is 29.0 Å². The molecule has 2 amide bonds. The van der Waals surface area contributed by atoms with Crippen LogP contribution in [0.2, 0.25) is 0 Å². The van der Waals surface area contributed by atoms with Gasteiger partial charge in [-0.15, -0.1) is 0 Å². The summed E-state index contributed by atoms with van der Waals surface area (Å²) in [5.74, 6) is -2.55. The number of carbonyl (C=O) groups excluding carboxylic acids is 3. The Kier molecular flexibility index (Phi) is 7.52. The zero-order valence-electron chi connectivity index (χ0n) is 21.2. The zero-order chi connectivity index (χ0) is 26.8. The highest BCUT2D eigenvalue weighted by molar-refractivity contribution is 5.97. The van der Waals surface area contributed by atoms with E-state index in [-0.39, 0.29) is 24.4 Å². The number of nitrogens with two attached hydrogens (primary N) is 1. The molecule has 2 fully saturated rings. The summed E-state index contributed by atoms with van der Waals surface area (Å²) in [6.07, 6.45) is 4.34. The monoisotopic (exact) mass is 510 g/mol. The van der Waals surface area contributed by atoms with Crippen molar-refractivity contribution in [3.8, 4) is 0 Å². The Morgan fingerprint density at radius 3 is 2.41 bits per heavy atom. The Morgan fingerprint density at radius 1 is 1.14 bits per heavy atom. The first kappa shape index (κ1) is 26.6. The van der Waals surface area contributed by atoms with E-state index in [1.165, 1.54) is 23.0 Å². The third-order valence-corrected chi connectivity index (χ3v) is 7.52. The van der Waals surface area contributed by atoms with Crippen LogP contribution in [0.15, 0.2) is 48.8 Å². The van der Waals surface area contributed by atoms with Gasteiger partial charge in [-0.25, -0.2) is 4.79 Å². The lowest BCUT2D eigenvalue weighted by atomic mass is 9.65. The molecule has 10 nitrogen and oxygen atoms in total. The molecule has 4 N–H and O–H groups in total. The molecular weight excluding hydrogens is 476 g/mol. The van der Waals surface area contributed by atoms with Crippen LogP contribution in [0.4, 0.5) is 0 Å². The van der Waals surface area contributed by atoms with Crippen molar-refractivity contribution in [1.82, 2.24) is 14.8 Å². The van der Waals surface area contributed by atoms with E-state index < -0.39 is 40.9 Å². The number of benzene rings is 1. The number of carbonyl (C=O) groups is 4. The number of ether oxygens (including phenoxy) is 1. The van der Waals surface area contributed by atoms with E-state index in [2.05, 4.69) is 10.2 Å². The minimum atomic E-state index is -1.61. The van der Waals surface area contributed by atoms with Crippen molar-refractivity contribution in [1.29, 1.82) is 0 Å². The Balaban J connectivity index is 1.82. The van der Waals surface area contributed by atoms with Crippen molar-refractivity contribution in [2.45, 2.75) is 50.8 Å². The van der Waals surface area contributed by atoms with Gasteiger partial charge in [-0.3, -0.25) is 14.4 Å². The summed E-state index contributed by atoms with van der Waals surface area (Å²) in [5.41, 5.74) is 3.39. The fourth-order valence-electron chi connectivity index (χ4n) is 5.80. The SMILES string of the molecule is CC(C)(CC(N)=O)C(C(=O)NC1C(=O)COC1CN1CCCC1)(c1ccccc1)n1ccc(C(=O)O)c1. The average Bonchev–Trinajstić information content (AvgIpc) is 3.59. The molecule has 3 heterocycles. The molecule has 2 saturated heterocycles. The van der Waals surface area contributed by atoms with E-state index in [9.17, 15) is 24.3 Å². The van der Waals surface area contributed by atoms with Crippen molar-refractivity contribution >= 4 is 23.6 Å². The molecule has 2 aliphatic heterocycles. The van der Waals surface area contributed by atoms with Gasteiger partial charge in [-0.2, -0.15) is 0 Å². The standard InChI is InChI=1S/C27H34N4O6/c1-26(2,14-22(28)33)27(19-8-4-3-5-9-19,31-13-10-18(15-31)24(34)35)25(36)29-23-20(32)17-37-21(23)16-30-11-6-7-12-30/h3-5,8-10,13,15,21,23H,6-7,11-12,14,16-17H2,1-2H3,(H2,28,33)(H,29,36)(H,34,35). The van der Waals surface area contributed by atoms with Crippen molar-refractivity contribution in [3.63, 3.8) is 0 Å². The number of carboxylic acid groups (broad SMARTS) is 1. The molecule has 0 radical (unpaired) electrons. The number of hydrogen-bond donors (Lipinski definition) is 3. The molecule has 0 saturated carbocycles. The number of aromatic nitrogens is 1. The molecule has 1 aromatic heterocycles. The second-order valence-electron chi connectivity index (χ2n) is 10.5. The summed E-state index contributed by atoms with van der Waals surface area (Å²) in [7, 11) is 0. The number of carboxylic acids is 1. The Bertz CT molecular complexity index is 1170. The fourth-order valence-corrected chi connectivity index (χ4v) is 5.80. The number of aromatic carboxylic acids is 1. The molecule has 3 atom stereocenters. The maximum absolute atomic E-state index is 14.5. The number of hydrogen-bond acceptors (Lipinski definition) is 6. The van der Waals surface area contributed by atoms with Gasteiger partial charge in [0.25, 0.3) is 5.91 Å². The van der Waals surface area contributed by atoms with Crippen LogP contribution in [0, 0.1) is 5.41 Å². The van der Waals surface area contributed by atoms with E-state index in [4.69, 9.17) is 10.5 Å². The molecule has 0 bridgehead atoms. The molecule has 2 aliphatic rings. The Labute approximate surface area is 215 Å². The first-order valence-electron chi connectivity index (χ1n) is 12.5. The van der Waals surface area contributed by atoms with Crippen LogP contribution in [0.3, 0.4) is 0 Å². The fraction of sp³-hybridized carbons (Fsp3) is 0.481. The minimum absolute atomic E-state index is 0.0184. The van der Waals surface area contributed by atoms with Crippen LogP contribution in [0.5, 0.6) is 0 Å². The lowest BCUT2D eigenvalue weighted by Crippen LogP contribution is -2.62. The zero-order valence-corrected chi connectivity index (χ0v) is 21.2. The van der Waals surface area contributed by atoms with Crippen LogP contribution in [0.25, 0.3) is 0 Å². The van der Waals surface area contributed by atoms with E-state index in [0.717, 1.165) is 25.9 Å². The lowest BCUT2D eigenvalue weighted by Gasteiger charge is -2.47. The molecular formula is C27H34N4O6. The summed E-state index contributed by atoms with van der Waals surface area (Å²) >= 11 is 0. The summed E-state index contributed by atoms with van der Waals surface area (Å²) in [5, 5.41) is 12.6. The van der Waals surface area contributed by atoms with E-state index in [0.29, 0.717) is 12.1 Å². The third kappa shape index (κ3) is 5.03. The largest absolute Gasteiger partial charge is 0.478 e. The van der Waals surface area contributed by atoms with E-state index in [1.54, 1.807) is 44.2 Å². The number of likely N-dealkylation sites (tertiary alicyclic amines) is 1. The lowest BCUT2D eigenvalue weighted by molar-refractivity contribution is -0.138. The van der Waals surface area contributed by atoms with Crippen LogP contribution in [0.1, 0.15) is 49.0 Å². The van der Waals surface area contributed by atoms with Gasteiger partial charge in [-0.05, 0) is 37.6 Å². The van der Waals surface area contributed by atoms with Crippen LogP contribution in [-0.2, 0) is 24.7 Å². The maximum Gasteiger partial charge on any atom is 0.337 e. The smallest absolute Gasteiger partial charge is 0.337 e. The van der Waals surface area contributed by atoms with Crippen molar-refractivity contribution in [3.05, 3.63) is 59.9 Å². The van der Waals surface area contributed by atoms with Gasteiger partial charge in [0.05, 0.1) is 11.7 Å². The predicted molar refractivity (Wildman–Crippen MR) is 135 cm³/mol. The van der Waals surface area contributed by atoms with Gasteiger partial charge in [0, 0.05) is 30.8 Å². The molecule has 3 unspecified atom stereocenters. The number of rotatable bonds is 10. The van der Waals surface area contributed by atoms with Crippen molar-refractivity contribution in [2.24, 2.45) is 11.1 Å². The highest BCUT2D eigenvalue weighted by atomic mass is 16.5. The molecule has 0 spiro atoms. The maximum atomic E-state index is 14.5. The summed E-state index contributed by atoms with van der Waals surface area (Å²) in [6, 6.07) is 9.34. The highest BCUT2D eigenvalue weighted by Crippen LogP contribution is 2.46. The Morgan fingerprint density at radius 2 is 1.81 bits per heavy atom. The van der Waals surface area contributed by atoms with Gasteiger partial charge in [0.15, 0.2) is 11.3 Å². The van der Waals surface area contributed by atoms with E-state index >= 15 is 0 Å². The third-order valence-electron chi connectivity index (χ3n) is 7.52. The number of nitrogens with one attached hydrogen (secondary N) is 1. The molecule has 198 valence electrons. The molecule has 0 aliphatic carbocycles. The summed E-state index contributed by atoms with van der Waals surface area (Å²) in [4.78, 5) is 53.6. The quantitative estimate of drug-likeness (QED) is 0.438. The molecule has 10 heteroatoms.